The summed E-state index contributed by atoms with van der Waals surface area (Å²) in [6, 6.07) is 6.69. The second-order valence-electron chi connectivity index (χ2n) is 9.28. The van der Waals surface area contributed by atoms with Gasteiger partial charge in [-0.05, 0) is 32.9 Å². The molecule has 1 fully saturated rings. The Bertz CT molecular complexity index is 1020. The number of para-hydroxylation sites is 1. The van der Waals surface area contributed by atoms with Gasteiger partial charge < -0.3 is 19.4 Å². The van der Waals surface area contributed by atoms with E-state index in [9.17, 15) is 14.0 Å². The van der Waals surface area contributed by atoms with Crippen LogP contribution in [0.4, 0.5) is 14.9 Å². The third-order valence-electron chi connectivity index (χ3n) is 5.86. The lowest BCUT2D eigenvalue weighted by Crippen LogP contribution is -2.49. The minimum atomic E-state index is -0.581. The number of halogens is 1. The first-order valence-corrected chi connectivity index (χ1v) is 11.0. The lowest BCUT2D eigenvalue weighted by Gasteiger charge is -2.36. The molecule has 0 radical (unpaired) electrons. The molecule has 2 aliphatic heterocycles. The molecular formula is C23H30FN5O3. The van der Waals surface area contributed by atoms with Gasteiger partial charge in [0.2, 0.25) is 0 Å². The van der Waals surface area contributed by atoms with Crippen LogP contribution in [0.2, 0.25) is 0 Å². The quantitative estimate of drug-likeness (QED) is 0.714. The van der Waals surface area contributed by atoms with Crippen LogP contribution < -0.4 is 4.90 Å². The first kappa shape index (κ1) is 22.1. The van der Waals surface area contributed by atoms with E-state index in [1.54, 1.807) is 26.6 Å². The van der Waals surface area contributed by atoms with Gasteiger partial charge in [-0.1, -0.05) is 12.1 Å². The minimum Gasteiger partial charge on any atom is -0.444 e. The van der Waals surface area contributed by atoms with Crippen LogP contribution in [0.15, 0.2) is 24.3 Å². The molecule has 9 heteroatoms. The number of carbonyl (C=O) groups is 2. The minimum absolute atomic E-state index is 0.152. The monoisotopic (exact) mass is 443 g/mol. The van der Waals surface area contributed by atoms with Crippen molar-refractivity contribution in [3.05, 3.63) is 47.0 Å². The van der Waals surface area contributed by atoms with E-state index in [2.05, 4.69) is 5.10 Å². The van der Waals surface area contributed by atoms with E-state index in [0.29, 0.717) is 57.1 Å². The Morgan fingerprint density at radius 3 is 2.38 bits per heavy atom. The fourth-order valence-corrected chi connectivity index (χ4v) is 4.25. The summed E-state index contributed by atoms with van der Waals surface area (Å²) in [5, 5.41) is 4.50. The van der Waals surface area contributed by atoms with Gasteiger partial charge in [0, 0.05) is 57.4 Å². The molecule has 0 saturated carbocycles. The zero-order valence-corrected chi connectivity index (χ0v) is 19.1. The molecule has 4 rings (SSSR count). The molecule has 2 aromatic rings. The maximum Gasteiger partial charge on any atom is 0.410 e. The summed E-state index contributed by atoms with van der Waals surface area (Å²) < 4.78 is 21.4. The highest BCUT2D eigenvalue weighted by atomic mass is 19.1. The van der Waals surface area contributed by atoms with E-state index in [-0.39, 0.29) is 17.8 Å². The number of rotatable bonds is 2. The maximum atomic E-state index is 14.1. The largest absolute Gasteiger partial charge is 0.444 e. The third kappa shape index (κ3) is 4.42. The Labute approximate surface area is 187 Å². The van der Waals surface area contributed by atoms with E-state index in [1.165, 1.54) is 6.07 Å². The highest BCUT2D eigenvalue weighted by Gasteiger charge is 2.34. The first-order valence-electron chi connectivity index (χ1n) is 11.0. The van der Waals surface area contributed by atoms with Gasteiger partial charge in [0.1, 0.15) is 11.4 Å². The molecule has 2 aliphatic rings. The molecule has 1 aromatic heterocycles. The Kier molecular flexibility index (Phi) is 5.83. The molecule has 1 saturated heterocycles. The van der Waals surface area contributed by atoms with Crippen LogP contribution in [-0.2, 0) is 24.8 Å². The third-order valence-corrected chi connectivity index (χ3v) is 5.86. The van der Waals surface area contributed by atoms with Gasteiger partial charge in [0.15, 0.2) is 5.69 Å². The molecule has 2 amide bonds. The average Bonchev–Trinajstić information content (AvgIpc) is 3.08. The normalized spacial score (nSPS) is 16.7. The first-order chi connectivity index (χ1) is 15.1. The Balaban J connectivity index is 1.47. The number of amides is 2. The number of benzene rings is 1. The topological polar surface area (TPSA) is 70.9 Å². The van der Waals surface area contributed by atoms with Gasteiger partial charge in [0.25, 0.3) is 5.91 Å². The second kappa shape index (κ2) is 8.44. The SMILES string of the molecule is Cn1nc(C(=O)N2CCN(c3ccccc3F)CC2)c2c1CCN(C(=O)OC(C)(C)C)C2. The Hall–Kier alpha value is -3.10. The molecule has 0 N–H and O–H groups in total. The van der Waals surface area contributed by atoms with E-state index in [1.807, 2.05) is 38.8 Å². The van der Waals surface area contributed by atoms with Crippen LogP contribution in [-0.4, -0.2) is 69.9 Å². The van der Waals surface area contributed by atoms with Gasteiger partial charge in [0.05, 0.1) is 12.2 Å². The van der Waals surface area contributed by atoms with Crippen molar-refractivity contribution in [1.82, 2.24) is 19.6 Å². The summed E-state index contributed by atoms with van der Waals surface area (Å²) in [6.45, 7) is 8.38. The van der Waals surface area contributed by atoms with Crippen molar-refractivity contribution in [3.8, 4) is 0 Å². The van der Waals surface area contributed by atoms with Gasteiger partial charge >= 0.3 is 6.09 Å². The number of nitrogens with zero attached hydrogens (tertiary/aromatic N) is 5. The van der Waals surface area contributed by atoms with Crippen molar-refractivity contribution in [2.24, 2.45) is 7.05 Å². The number of fused-ring (bicyclic) bond motifs is 1. The predicted octanol–water partition coefficient (Wildman–Crippen LogP) is 2.81. The fourth-order valence-electron chi connectivity index (χ4n) is 4.25. The summed E-state index contributed by atoms with van der Waals surface area (Å²) in [5.41, 5.74) is 2.12. The number of hydrogen-bond donors (Lipinski definition) is 0. The van der Waals surface area contributed by atoms with Crippen LogP contribution in [0, 0.1) is 5.82 Å². The highest BCUT2D eigenvalue weighted by Crippen LogP contribution is 2.26. The van der Waals surface area contributed by atoms with Crippen molar-refractivity contribution in [1.29, 1.82) is 0 Å². The number of carbonyl (C=O) groups excluding carboxylic acids is 2. The van der Waals surface area contributed by atoms with E-state index >= 15 is 0 Å². The van der Waals surface area contributed by atoms with Crippen LogP contribution in [0.5, 0.6) is 0 Å². The molecular weight excluding hydrogens is 413 g/mol. The second-order valence-corrected chi connectivity index (χ2v) is 9.28. The van der Waals surface area contributed by atoms with Crippen LogP contribution >= 0.6 is 0 Å². The Morgan fingerprint density at radius 1 is 1.03 bits per heavy atom. The molecule has 8 nitrogen and oxygen atoms in total. The molecule has 3 heterocycles. The van der Waals surface area contributed by atoms with Gasteiger partial charge in [-0.25, -0.2) is 9.18 Å². The smallest absolute Gasteiger partial charge is 0.410 e. The van der Waals surface area contributed by atoms with E-state index in [4.69, 9.17) is 4.74 Å². The summed E-state index contributed by atoms with van der Waals surface area (Å²) in [7, 11) is 1.83. The van der Waals surface area contributed by atoms with Crippen molar-refractivity contribution in [2.45, 2.75) is 39.3 Å². The molecule has 0 aliphatic carbocycles. The molecule has 0 bridgehead atoms. The van der Waals surface area contributed by atoms with Crippen LogP contribution in [0.25, 0.3) is 0 Å². The standard InChI is InChI=1S/C23H30FN5O3/c1-23(2,3)32-22(31)29-10-9-18-16(15-29)20(25-26(18)4)21(30)28-13-11-27(12-14-28)19-8-6-5-7-17(19)24/h5-8H,9-15H2,1-4H3. The number of anilines is 1. The maximum absolute atomic E-state index is 14.1. The molecule has 172 valence electrons. The number of aryl methyl sites for hydroxylation is 1. The average molecular weight is 444 g/mol. The lowest BCUT2D eigenvalue weighted by molar-refractivity contribution is 0.0221. The number of piperazine rings is 1. The zero-order chi connectivity index (χ0) is 23.0. The van der Waals surface area contributed by atoms with Gasteiger partial charge in [-0.3, -0.25) is 9.48 Å². The summed E-state index contributed by atoms with van der Waals surface area (Å²) in [5.74, 6) is -0.408. The molecule has 1 aromatic carbocycles. The van der Waals surface area contributed by atoms with Crippen molar-refractivity contribution < 1.29 is 18.7 Å². The molecule has 0 spiro atoms. The van der Waals surface area contributed by atoms with Crippen LogP contribution in [0.3, 0.4) is 0 Å². The summed E-state index contributed by atoms with van der Waals surface area (Å²) in [4.78, 5) is 31.2. The van der Waals surface area contributed by atoms with E-state index in [0.717, 1.165) is 11.3 Å². The zero-order valence-electron chi connectivity index (χ0n) is 19.1. The fraction of sp³-hybridized carbons (Fsp3) is 0.522. The van der Waals surface area contributed by atoms with Gasteiger partial charge in [-0.15, -0.1) is 0 Å². The predicted molar refractivity (Wildman–Crippen MR) is 118 cm³/mol. The van der Waals surface area contributed by atoms with E-state index < -0.39 is 5.60 Å². The highest BCUT2D eigenvalue weighted by molar-refractivity contribution is 5.94. The lowest BCUT2D eigenvalue weighted by atomic mass is 10.0. The van der Waals surface area contributed by atoms with Gasteiger partial charge in [-0.2, -0.15) is 5.10 Å². The van der Waals surface area contributed by atoms with Crippen LogP contribution in [0.1, 0.15) is 42.5 Å². The molecule has 0 unspecified atom stereocenters. The molecule has 32 heavy (non-hydrogen) atoms. The number of hydrogen-bond acceptors (Lipinski definition) is 5. The summed E-state index contributed by atoms with van der Waals surface area (Å²) >= 11 is 0. The Morgan fingerprint density at radius 2 is 1.72 bits per heavy atom. The summed E-state index contributed by atoms with van der Waals surface area (Å²) in [6.07, 6.45) is 0.232. The van der Waals surface area contributed by atoms with Crippen molar-refractivity contribution in [3.63, 3.8) is 0 Å². The number of aromatic nitrogens is 2. The molecule has 0 atom stereocenters. The van der Waals surface area contributed by atoms with Crippen molar-refractivity contribution >= 4 is 17.7 Å². The van der Waals surface area contributed by atoms with Crippen molar-refractivity contribution in [2.75, 3.05) is 37.6 Å². The number of ether oxygens (including phenoxy) is 1.